The average Bonchev–Trinajstić information content (AvgIpc) is 3.37. The highest BCUT2D eigenvalue weighted by Gasteiger charge is 2.73. The molecule has 1 unspecified atom stereocenters. The molecule has 6 rings (SSSR count). The van der Waals surface area contributed by atoms with Crippen LogP contribution in [-0.2, 0) is 45.0 Å². The summed E-state index contributed by atoms with van der Waals surface area (Å²) in [5, 5.41) is 23.4. The van der Waals surface area contributed by atoms with E-state index < -0.39 is 11.0 Å². The molecule has 0 radical (unpaired) electrons. The van der Waals surface area contributed by atoms with E-state index in [-0.39, 0.29) is 24.0 Å². The van der Waals surface area contributed by atoms with Gasteiger partial charge in [-0.3, -0.25) is 4.90 Å². The molecular weight excluding hydrogens is 582 g/mol. The minimum atomic E-state index is -0.894. The molecule has 2 heterocycles. The van der Waals surface area contributed by atoms with Crippen LogP contribution in [0.1, 0.15) is 49.7 Å². The topological polar surface area (TPSA) is 118 Å². The smallest absolute Gasteiger partial charge is 0.165 e. The van der Waals surface area contributed by atoms with E-state index >= 15 is 0 Å². The largest absolute Gasteiger partial charge is 0.504 e. The lowest BCUT2D eigenvalue weighted by Gasteiger charge is -2.64. The predicted molar refractivity (Wildman–Crippen MR) is 165 cm³/mol. The molecule has 45 heavy (non-hydrogen) atoms. The van der Waals surface area contributed by atoms with Gasteiger partial charge in [-0.25, -0.2) is 0 Å². The maximum absolute atomic E-state index is 12.6. The quantitative estimate of drug-likeness (QED) is 0.194. The van der Waals surface area contributed by atoms with Crippen molar-refractivity contribution in [1.29, 1.82) is 0 Å². The number of phenolic OH excluding ortho intramolecular Hbond substituents is 1. The summed E-state index contributed by atoms with van der Waals surface area (Å²) in [4.78, 5) is 2.57. The van der Waals surface area contributed by atoms with Crippen LogP contribution >= 0.6 is 0 Å². The second kappa shape index (κ2) is 15.6. The molecule has 3 fully saturated rings. The van der Waals surface area contributed by atoms with Gasteiger partial charge in [0, 0.05) is 25.3 Å². The predicted octanol–water partition coefficient (Wildman–Crippen LogP) is 2.46. The van der Waals surface area contributed by atoms with Gasteiger partial charge in [0.1, 0.15) is 6.10 Å². The average molecular weight is 636 g/mol. The number of rotatable bonds is 21. The summed E-state index contributed by atoms with van der Waals surface area (Å²) in [6, 6.07) is 3.88. The number of hydrogen-bond acceptors (Lipinski definition) is 11. The monoisotopic (exact) mass is 635 g/mol. The van der Waals surface area contributed by atoms with Crippen molar-refractivity contribution < 1.29 is 48.1 Å². The van der Waals surface area contributed by atoms with E-state index in [9.17, 15) is 10.2 Å². The number of benzene rings is 1. The molecule has 3 aliphatic carbocycles. The van der Waals surface area contributed by atoms with Gasteiger partial charge in [-0.15, -0.1) is 0 Å². The van der Waals surface area contributed by atoms with Gasteiger partial charge < -0.3 is 48.1 Å². The molecule has 2 bridgehead atoms. The highest BCUT2D eigenvalue weighted by molar-refractivity contribution is 5.62. The highest BCUT2D eigenvalue weighted by atomic mass is 16.6. The van der Waals surface area contributed by atoms with Crippen LogP contribution in [0.3, 0.4) is 0 Å². The van der Waals surface area contributed by atoms with Gasteiger partial charge in [0.05, 0.1) is 96.4 Å². The number of piperidine rings is 1. The number of hydrogen-bond donors (Lipinski definition) is 2. The van der Waals surface area contributed by atoms with E-state index in [1.165, 1.54) is 24.8 Å². The number of ether oxygens (including phenoxy) is 8. The van der Waals surface area contributed by atoms with Gasteiger partial charge in [-0.1, -0.05) is 12.5 Å². The fourth-order valence-corrected chi connectivity index (χ4v) is 8.36. The Bertz CT molecular complexity index is 1090. The Morgan fingerprint density at radius 3 is 2.04 bits per heavy atom. The molecule has 1 aromatic rings. The summed E-state index contributed by atoms with van der Waals surface area (Å²) >= 11 is 0. The first kappa shape index (κ1) is 33.4. The van der Waals surface area contributed by atoms with Crippen molar-refractivity contribution in [3.8, 4) is 11.5 Å². The first-order chi connectivity index (χ1) is 22.1. The van der Waals surface area contributed by atoms with Crippen molar-refractivity contribution in [2.75, 3.05) is 99.5 Å². The Hall–Kier alpha value is -1.54. The third kappa shape index (κ3) is 6.89. The summed E-state index contributed by atoms with van der Waals surface area (Å²) in [5.74, 6) is 1.47. The lowest BCUT2D eigenvalue weighted by Crippen LogP contribution is -2.77. The Morgan fingerprint density at radius 2 is 1.44 bits per heavy atom. The molecule has 11 heteroatoms. The highest BCUT2D eigenvalue weighted by Crippen LogP contribution is 2.65. The lowest BCUT2D eigenvalue weighted by atomic mass is 9.48. The van der Waals surface area contributed by atoms with Gasteiger partial charge in [0.2, 0.25) is 0 Å². The summed E-state index contributed by atoms with van der Waals surface area (Å²) in [5.41, 5.74) is 0.797. The lowest BCUT2D eigenvalue weighted by molar-refractivity contribution is -0.218. The SMILES string of the molecule is COCCOCCOCCOCCOCCOCCOC1CC[C@@]2(O)[C@H]3Cc4ccc(O)c5c4[C@@]2(CCN3CC2CCC2)[C@H]1O5. The summed E-state index contributed by atoms with van der Waals surface area (Å²) in [6.07, 6.45) is 6.44. The van der Waals surface area contributed by atoms with Crippen molar-refractivity contribution in [1.82, 2.24) is 4.90 Å². The molecule has 5 atom stereocenters. The molecule has 0 amide bonds. The Labute approximate surface area is 267 Å². The van der Waals surface area contributed by atoms with Crippen LogP contribution < -0.4 is 4.74 Å². The van der Waals surface area contributed by atoms with Crippen LogP contribution in [0.25, 0.3) is 0 Å². The van der Waals surface area contributed by atoms with Gasteiger partial charge in [-0.2, -0.15) is 0 Å². The molecule has 2 saturated carbocycles. The molecule has 2 aliphatic heterocycles. The molecule has 11 nitrogen and oxygen atoms in total. The van der Waals surface area contributed by atoms with Crippen LogP contribution in [-0.4, -0.2) is 138 Å². The fraction of sp³-hybridized carbons (Fsp3) is 0.824. The number of nitrogens with zero attached hydrogens (tertiary/aromatic N) is 1. The van der Waals surface area contributed by atoms with Crippen LogP contribution in [0.15, 0.2) is 12.1 Å². The van der Waals surface area contributed by atoms with Gasteiger partial charge in [-0.05, 0) is 62.6 Å². The third-order valence-corrected chi connectivity index (χ3v) is 10.7. The summed E-state index contributed by atoms with van der Waals surface area (Å²) in [6.45, 7) is 8.18. The van der Waals surface area contributed by atoms with E-state index in [2.05, 4.69) is 4.90 Å². The molecule has 254 valence electrons. The number of methoxy groups -OCH3 is 1. The molecule has 1 aromatic carbocycles. The van der Waals surface area contributed by atoms with Gasteiger partial charge in [0.15, 0.2) is 11.5 Å². The number of aromatic hydroxyl groups is 1. The van der Waals surface area contributed by atoms with Crippen molar-refractivity contribution in [3.63, 3.8) is 0 Å². The molecular formula is C34H53NO10. The molecule has 2 N–H and O–H groups in total. The maximum atomic E-state index is 12.6. The van der Waals surface area contributed by atoms with Crippen molar-refractivity contribution >= 4 is 0 Å². The Kier molecular flexibility index (Phi) is 11.5. The molecule has 1 saturated heterocycles. The third-order valence-electron chi connectivity index (χ3n) is 10.7. The van der Waals surface area contributed by atoms with Gasteiger partial charge in [0.25, 0.3) is 0 Å². The number of aliphatic hydroxyl groups is 1. The van der Waals surface area contributed by atoms with Crippen LogP contribution in [0.4, 0.5) is 0 Å². The normalized spacial score (nSPS) is 30.2. The van der Waals surface area contributed by atoms with E-state index in [0.29, 0.717) is 91.5 Å². The van der Waals surface area contributed by atoms with Crippen molar-refractivity contribution in [3.05, 3.63) is 23.3 Å². The van der Waals surface area contributed by atoms with Crippen LogP contribution in [0.5, 0.6) is 11.5 Å². The Morgan fingerprint density at radius 1 is 0.822 bits per heavy atom. The van der Waals surface area contributed by atoms with E-state index in [0.717, 1.165) is 43.8 Å². The molecule has 1 spiro atoms. The first-order valence-electron chi connectivity index (χ1n) is 17.1. The number of phenols is 1. The maximum Gasteiger partial charge on any atom is 0.165 e. The fourth-order valence-electron chi connectivity index (χ4n) is 8.36. The molecule has 0 aromatic heterocycles. The van der Waals surface area contributed by atoms with E-state index in [4.69, 9.17) is 37.9 Å². The second-order valence-corrected chi connectivity index (χ2v) is 13.1. The zero-order valence-electron chi connectivity index (χ0n) is 26.9. The zero-order valence-corrected chi connectivity index (χ0v) is 26.9. The van der Waals surface area contributed by atoms with Crippen LogP contribution in [0.2, 0.25) is 0 Å². The first-order valence-corrected chi connectivity index (χ1v) is 17.1. The zero-order chi connectivity index (χ0) is 31.1. The Balaban J connectivity index is 0.902. The summed E-state index contributed by atoms with van der Waals surface area (Å²) < 4.78 is 45.6. The number of likely N-dealkylation sites (tertiary alicyclic amines) is 1. The van der Waals surface area contributed by atoms with Crippen molar-refractivity contribution in [2.24, 2.45) is 5.92 Å². The minimum Gasteiger partial charge on any atom is -0.504 e. The minimum absolute atomic E-state index is 0.0698. The van der Waals surface area contributed by atoms with E-state index in [1.54, 1.807) is 13.2 Å². The second-order valence-electron chi connectivity index (χ2n) is 13.1. The molecule has 5 aliphatic rings. The van der Waals surface area contributed by atoms with Crippen LogP contribution in [0, 0.1) is 5.92 Å². The van der Waals surface area contributed by atoms with Gasteiger partial charge >= 0.3 is 0 Å². The summed E-state index contributed by atoms with van der Waals surface area (Å²) in [7, 11) is 1.65. The standard InChI is InChI=1S/C34H53NO10/c1-38-11-12-39-13-14-40-15-16-41-17-18-42-19-20-43-21-22-44-28-7-8-34(37)29-23-26-5-6-27(36)31-30(26)33(34,32(28)45-31)9-10-35(29)24-25-3-2-4-25/h5-6,25,28-29,32,36-37H,2-4,7-24H2,1H3/t28?,29-,32+,33+,34-/m1/s1. The van der Waals surface area contributed by atoms with E-state index in [1.807, 2.05) is 6.07 Å². The van der Waals surface area contributed by atoms with Crippen molar-refractivity contribution in [2.45, 2.75) is 74.2 Å².